The van der Waals surface area contributed by atoms with Crippen LogP contribution in [0.2, 0.25) is 0 Å². The molecule has 4 atom stereocenters. The van der Waals surface area contributed by atoms with Crippen LogP contribution in [0.1, 0.15) is 47.0 Å². The fourth-order valence-corrected chi connectivity index (χ4v) is 6.65. The zero-order valence-electron chi connectivity index (χ0n) is 28.7. The van der Waals surface area contributed by atoms with Crippen molar-refractivity contribution in [3.63, 3.8) is 0 Å². The molecule has 11 nitrogen and oxygen atoms in total. The van der Waals surface area contributed by atoms with Crippen molar-refractivity contribution < 1.29 is 24.2 Å². The summed E-state index contributed by atoms with van der Waals surface area (Å²) < 4.78 is 5.42. The van der Waals surface area contributed by atoms with Crippen molar-refractivity contribution in [3.8, 4) is 0 Å². The predicted molar refractivity (Wildman–Crippen MR) is 197 cm³/mol. The molecule has 50 heavy (non-hydrogen) atoms. The minimum absolute atomic E-state index is 0.0644. The van der Waals surface area contributed by atoms with Crippen molar-refractivity contribution in [3.05, 3.63) is 117 Å². The largest absolute Gasteiger partial charge is 0.444 e. The molecule has 0 aliphatic rings. The Bertz CT molecular complexity index is 1630. The van der Waals surface area contributed by atoms with Crippen molar-refractivity contribution >= 4 is 40.7 Å². The molecule has 266 valence electrons. The molecule has 2 aromatic carbocycles. The number of carbonyl (C=O) groups excluding carboxylic acids is 3. The SMILES string of the molecule is C=CCc1nc(CN(C)C(=O)N[C@H](C(=O)N[C@@H](Cc2ccccc2)C[C@H](O)[C@H](Cc2ccccc2)NC(=O)OCc2cncs2)C(C)C)cs1. The highest BCUT2D eigenvalue weighted by atomic mass is 32.1. The van der Waals surface area contributed by atoms with E-state index in [1.165, 1.54) is 27.6 Å². The number of allylic oxidation sites excluding steroid dienone is 1. The van der Waals surface area contributed by atoms with Gasteiger partial charge in [0.15, 0.2) is 0 Å². The maximum absolute atomic E-state index is 13.9. The first-order valence-corrected chi connectivity index (χ1v) is 18.3. The Morgan fingerprint density at radius 1 is 0.980 bits per heavy atom. The number of rotatable bonds is 18. The number of hydrogen-bond acceptors (Lipinski definition) is 9. The summed E-state index contributed by atoms with van der Waals surface area (Å²) in [5, 5.41) is 23.3. The van der Waals surface area contributed by atoms with Crippen molar-refractivity contribution in [2.75, 3.05) is 7.05 Å². The fourth-order valence-electron chi connectivity index (χ4n) is 5.36. The normalized spacial score (nSPS) is 13.5. The first-order chi connectivity index (χ1) is 24.1. The molecule has 4 rings (SSSR count). The number of aromatic nitrogens is 2. The van der Waals surface area contributed by atoms with Crippen molar-refractivity contribution in [2.24, 2.45) is 5.92 Å². The molecule has 0 aliphatic carbocycles. The molecule has 0 spiro atoms. The van der Waals surface area contributed by atoms with Gasteiger partial charge in [0.2, 0.25) is 5.91 Å². The summed E-state index contributed by atoms with van der Waals surface area (Å²) in [4.78, 5) is 50.8. The number of hydrogen-bond donors (Lipinski definition) is 4. The van der Waals surface area contributed by atoms with Gasteiger partial charge < -0.3 is 30.7 Å². The van der Waals surface area contributed by atoms with Crippen LogP contribution in [0.25, 0.3) is 0 Å². The Kier molecular flexibility index (Phi) is 15.0. The van der Waals surface area contributed by atoms with E-state index in [2.05, 4.69) is 32.5 Å². The van der Waals surface area contributed by atoms with Gasteiger partial charge in [0, 0.05) is 31.1 Å². The number of amides is 4. The highest BCUT2D eigenvalue weighted by Gasteiger charge is 2.31. The monoisotopic (exact) mass is 718 g/mol. The quantitative estimate of drug-likeness (QED) is 0.0994. The highest BCUT2D eigenvalue weighted by Crippen LogP contribution is 2.17. The second-order valence-corrected chi connectivity index (χ2v) is 14.3. The van der Waals surface area contributed by atoms with E-state index in [-0.39, 0.29) is 31.4 Å². The third-order valence-electron chi connectivity index (χ3n) is 7.98. The summed E-state index contributed by atoms with van der Waals surface area (Å²) in [6.07, 6.45) is 3.26. The molecule has 13 heteroatoms. The smallest absolute Gasteiger partial charge is 0.407 e. The summed E-state index contributed by atoms with van der Waals surface area (Å²) in [6.45, 7) is 7.83. The van der Waals surface area contributed by atoms with E-state index in [9.17, 15) is 19.5 Å². The van der Waals surface area contributed by atoms with Crippen LogP contribution in [-0.4, -0.2) is 69.3 Å². The molecule has 4 amide bonds. The second-order valence-electron chi connectivity index (χ2n) is 12.4. The Balaban J connectivity index is 1.46. The van der Waals surface area contributed by atoms with E-state index in [0.717, 1.165) is 26.7 Å². The summed E-state index contributed by atoms with van der Waals surface area (Å²) in [5.41, 5.74) is 4.31. The van der Waals surface area contributed by atoms with E-state index in [4.69, 9.17) is 4.74 Å². The Morgan fingerprint density at radius 3 is 2.28 bits per heavy atom. The first-order valence-electron chi connectivity index (χ1n) is 16.5. The van der Waals surface area contributed by atoms with E-state index in [1.54, 1.807) is 24.8 Å². The van der Waals surface area contributed by atoms with Crippen LogP contribution in [0, 0.1) is 5.92 Å². The minimum atomic E-state index is -1.05. The fraction of sp³-hybridized carbons (Fsp3) is 0.378. The van der Waals surface area contributed by atoms with Crippen molar-refractivity contribution in [1.29, 1.82) is 0 Å². The van der Waals surface area contributed by atoms with Gasteiger partial charge in [0.25, 0.3) is 0 Å². The molecule has 0 saturated carbocycles. The summed E-state index contributed by atoms with van der Waals surface area (Å²) >= 11 is 2.89. The number of urea groups is 1. The van der Waals surface area contributed by atoms with Crippen LogP contribution in [-0.2, 0) is 41.9 Å². The Morgan fingerprint density at radius 2 is 1.66 bits per heavy atom. The van der Waals surface area contributed by atoms with E-state index in [1.807, 2.05) is 79.9 Å². The number of benzene rings is 2. The molecular formula is C37H46N6O5S2. The molecule has 2 heterocycles. The van der Waals surface area contributed by atoms with Crippen LogP contribution in [0.3, 0.4) is 0 Å². The molecule has 0 aliphatic heterocycles. The lowest BCUT2D eigenvalue weighted by Crippen LogP contribution is -2.55. The number of nitrogens with one attached hydrogen (secondary N) is 3. The number of thiazole rings is 2. The van der Waals surface area contributed by atoms with Gasteiger partial charge in [-0.15, -0.1) is 29.3 Å². The van der Waals surface area contributed by atoms with Crippen LogP contribution in [0.15, 0.2) is 90.4 Å². The van der Waals surface area contributed by atoms with Crippen LogP contribution in [0.4, 0.5) is 9.59 Å². The first kappa shape index (κ1) is 38.2. The van der Waals surface area contributed by atoms with Crippen LogP contribution in [0.5, 0.6) is 0 Å². The molecule has 4 aromatic rings. The number of ether oxygens (including phenoxy) is 1. The lowest BCUT2D eigenvalue weighted by Gasteiger charge is -2.30. The van der Waals surface area contributed by atoms with Crippen molar-refractivity contribution in [1.82, 2.24) is 30.8 Å². The zero-order valence-corrected chi connectivity index (χ0v) is 30.3. The van der Waals surface area contributed by atoms with Gasteiger partial charge >= 0.3 is 12.1 Å². The topological polar surface area (TPSA) is 146 Å². The van der Waals surface area contributed by atoms with Gasteiger partial charge in [0.1, 0.15) is 12.6 Å². The number of carbonyl (C=O) groups is 3. The van der Waals surface area contributed by atoms with E-state index < -0.39 is 36.4 Å². The van der Waals surface area contributed by atoms with Gasteiger partial charge in [0.05, 0.1) is 39.8 Å². The van der Waals surface area contributed by atoms with Gasteiger partial charge in [-0.25, -0.2) is 14.6 Å². The summed E-state index contributed by atoms with van der Waals surface area (Å²) in [7, 11) is 1.66. The van der Waals surface area contributed by atoms with Gasteiger partial charge in [-0.2, -0.15) is 0 Å². The Labute approximate surface area is 301 Å². The second kappa shape index (κ2) is 19.6. The van der Waals surface area contributed by atoms with Gasteiger partial charge in [-0.3, -0.25) is 9.78 Å². The third kappa shape index (κ3) is 12.4. The standard InChI is InChI=1S/C37H46N6O5S2/c1-5-12-33-39-29(23-49-33)21-43(4)36(46)42-34(25(2)3)35(45)40-28(17-26-13-8-6-9-14-26)19-32(44)31(18-27-15-10-7-11-16-27)41-37(47)48-22-30-20-38-24-50-30/h5-11,13-16,20,23-25,28,31-32,34,44H,1,12,17-19,21-22H2,2-4H3,(H,40,45)(H,41,47)(H,42,46)/t28-,31-,32-,34-/m0/s1. The lowest BCUT2D eigenvalue weighted by molar-refractivity contribution is -0.124. The highest BCUT2D eigenvalue weighted by molar-refractivity contribution is 7.09. The molecule has 0 unspecified atom stereocenters. The average Bonchev–Trinajstić information content (AvgIpc) is 3.79. The minimum Gasteiger partial charge on any atom is -0.444 e. The molecule has 0 bridgehead atoms. The van der Waals surface area contributed by atoms with Crippen molar-refractivity contribution in [2.45, 2.75) is 76.9 Å². The third-order valence-corrected chi connectivity index (χ3v) is 9.66. The Hall–Kier alpha value is -4.59. The molecule has 2 aromatic heterocycles. The van der Waals surface area contributed by atoms with Gasteiger partial charge in [-0.1, -0.05) is 80.6 Å². The summed E-state index contributed by atoms with van der Waals surface area (Å²) in [5.74, 6) is -0.595. The molecule has 0 saturated heterocycles. The average molecular weight is 719 g/mol. The molecular weight excluding hydrogens is 673 g/mol. The van der Waals surface area contributed by atoms with Crippen LogP contribution < -0.4 is 16.0 Å². The number of alkyl carbamates (subject to hydrolysis) is 1. The molecule has 4 N–H and O–H groups in total. The van der Waals surface area contributed by atoms with E-state index in [0.29, 0.717) is 19.3 Å². The molecule has 0 radical (unpaired) electrons. The number of aliphatic hydroxyl groups is 1. The van der Waals surface area contributed by atoms with Gasteiger partial charge in [-0.05, 0) is 36.3 Å². The molecule has 0 fully saturated rings. The number of nitrogens with zero attached hydrogens (tertiary/aromatic N) is 3. The zero-order chi connectivity index (χ0) is 35.9. The maximum atomic E-state index is 13.9. The lowest BCUT2D eigenvalue weighted by atomic mass is 9.93. The maximum Gasteiger partial charge on any atom is 0.407 e. The van der Waals surface area contributed by atoms with Crippen LogP contribution >= 0.6 is 22.7 Å². The predicted octanol–water partition coefficient (Wildman–Crippen LogP) is 5.51. The number of aliphatic hydroxyl groups excluding tert-OH is 1. The summed E-state index contributed by atoms with van der Waals surface area (Å²) in [6, 6.07) is 16.7. The van der Waals surface area contributed by atoms with E-state index >= 15 is 0 Å².